The van der Waals surface area contributed by atoms with Crippen LogP contribution in [0.3, 0.4) is 0 Å². The molecule has 0 unspecified atom stereocenters. The Balaban J connectivity index is 1.45. The smallest absolute Gasteiger partial charge is 0.277 e. The molecule has 9 heteroatoms. The van der Waals surface area contributed by atoms with Crippen LogP contribution < -0.4 is 0 Å². The fourth-order valence-electron chi connectivity index (χ4n) is 3.38. The molecule has 0 fully saturated rings. The van der Waals surface area contributed by atoms with Crippen molar-refractivity contribution < 1.29 is 13.6 Å². The predicted octanol–water partition coefficient (Wildman–Crippen LogP) is 5.26. The minimum absolute atomic E-state index is 0.0493. The number of thioether (sulfide) groups is 1. The Morgan fingerprint density at radius 3 is 2.71 bits per heavy atom. The molecule has 0 spiro atoms. The first-order chi connectivity index (χ1) is 14.8. The largest absolute Gasteiger partial charge is 0.416 e. The Bertz CT molecular complexity index is 1260. The van der Waals surface area contributed by atoms with Gasteiger partial charge in [0, 0.05) is 28.0 Å². The van der Waals surface area contributed by atoms with Crippen molar-refractivity contribution in [3.05, 3.63) is 74.6 Å². The maximum Gasteiger partial charge on any atom is 0.277 e. The molecular weight excluding hydrogens is 435 g/mol. The highest BCUT2D eigenvalue weighted by molar-refractivity contribution is 7.99. The summed E-state index contributed by atoms with van der Waals surface area (Å²) in [6.45, 7) is 7.44. The molecule has 0 amide bonds. The van der Waals surface area contributed by atoms with Gasteiger partial charge in [-0.3, -0.25) is 4.79 Å². The number of carbonyl (C=O) groups is 1. The predicted molar refractivity (Wildman–Crippen MR) is 119 cm³/mol. The van der Waals surface area contributed by atoms with Crippen LogP contribution in [0.2, 0.25) is 0 Å². The maximum absolute atomic E-state index is 14.0. The lowest BCUT2D eigenvalue weighted by Gasteiger charge is -2.11. The van der Waals surface area contributed by atoms with E-state index in [1.807, 2.05) is 42.9 Å². The van der Waals surface area contributed by atoms with Crippen LogP contribution in [0.25, 0.3) is 5.69 Å². The van der Waals surface area contributed by atoms with Gasteiger partial charge in [0.1, 0.15) is 5.82 Å². The van der Waals surface area contributed by atoms with Crippen molar-refractivity contribution in [2.45, 2.75) is 39.3 Å². The molecule has 3 heterocycles. The van der Waals surface area contributed by atoms with E-state index in [0.717, 1.165) is 22.1 Å². The van der Waals surface area contributed by atoms with Crippen LogP contribution >= 0.6 is 23.1 Å². The molecule has 0 saturated heterocycles. The van der Waals surface area contributed by atoms with Crippen LogP contribution in [0, 0.1) is 33.5 Å². The van der Waals surface area contributed by atoms with Crippen molar-refractivity contribution in [3.63, 3.8) is 0 Å². The van der Waals surface area contributed by atoms with E-state index in [4.69, 9.17) is 4.42 Å². The minimum atomic E-state index is -0.270. The third kappa shape index (κ3) is 4.62. The highest BCUT2D eigenvalue weighted by Gasteiger charge is 2.19. The summed E-state index contributed by atoms with van der Waals surface area (Å²) < 4.78 is 21.6. The van der Waals surface area contributed by atoms with E-state index < -0.39 is 0 Å². The van der Waals surface area contributed by atoms with Gasteiger partial charge in [0.25, 0.3) is 5.22 Å². The first-order valence-corrected chi connectivity index (χ1v) is 11.5. The van der Waals surface area contributed by atoms with Gasteiger partial charge in [-0.2, -0.15) is 0 Å². The van der Waals surface area contributed by atoms with Crippen LogP contribution in [-0.4, -0.2) is 31.3 Å². The standard InChI is InChI=1S/C22H21FN4O2S2/c1-12-5-6-17(9-19(12)23)27-13(2)7-18(14(27)3)20(28)11-31-22-26-25-21(29-22)8-16-10-30-15(4)24-16/h5-7,9-10H,8,11H2,1-4H3. The van der Waals surface area contributed by atoms with Gasteiger partial charge in [-0.05, 0) is 51.5 Å². The number of hydrogen-bond acceptors (Lipinski definition) is 7. The Kier molecular flexibility index (Phi) is 6.06. The zero-order chi connectivity index (χ0) is 22.1. The molecule has 0 atom stereocenters. The molecule has 6 nitrogen and oxygen atoms in total. The number of aromatic nitrogens is 4. The van der Waals surface area contributed by atoms with Gasteiger partial charge in [-0.15, -0.1) is 21.5 Å². The number of ketones is 1. The number of benzene rings is 1. The van der Waals surface area contributed by atoms with Crippen LogP contribution in [0.4, 0.5) is 4.39 Å². The van der Waals surface area contributed by atoms with Crippen molar-refractivity contribution in [2.24, 2.45) is 0 Å². The highest BCUT2D eigenvalue weighted by atomic mass is 32.2. The normalized spacial score (nSPS) is 11.3. The van der Waals surface area contributed by atoms with Gasteiger partial charge in [0.05, 0.1) is 22.9 Å². The number of thiazole rings is 1. The fraction of sp³-hybridized carbons (Fsp3) is 0.273. The van der Waals surface area contributed by atoms with Gasteiger partial charge in [-0.1, -0.05) is 17.8 Å². The van der Waals surface area contributed by atoms with E-state index in [1.54, 1.807) is 24.3 Å². The minimum Gasteiger partial charge on any atom is -0.416 e. The number of hydrogen-bond donors (Lipinski definition) is 0. The van der Waals surface area contributed by atoms with Gasteiger partial charge >= 0.3 is 0 Å². The molecule has 160 valence electrons. The Morgan fingerprint density at radius 2 is 2.00 bits per heavy atom. The second-order valence-corrected chi connectivity index (χ2v) is 9.25. The second kappa shape index (κ2) is 8.76. The lowest BCUT2D eigenvalue weighted by atomic mass is 10.2. The molecule has 0 radical (unpaired) electrons. The topological polar surface area (TPSA) is 73.8 Å². The van der Waals surface area contributed by atoms with Gasteiger partial charge in [0.2, 0.25) is 5.89 Å². The molecular formula is C22H21FN4O2S2. The SMILES string of the molecule is Cc1nc(Cc2nnc(SCC(=O)c3cc(C)n(-c4ccc(C)c(F)c4)c3C)o2)cs1. The van der Waals surface area contributed by atoms with Crippen LogP contribution in [-0.2, 0) is 6.42 Å². The molecule has 0 aliphatic carbocycles. The zero-order valence-corrected chi connectivity index (χ0v) is 19.2. The third-order valence-electron chi connectivity index (χ3n) is 4.92. The van der Waals surface area contributed by atoms with Crippen molar-refractivity contribution in [1.29, 1.82) is 0 Å². The summed E-state index contributed by atoms with van der Waals surface area (Å²) in [6.07, 6.45) is 0.472. The molecule has 0 aliphatic rings. The van der Waals surface area contributed by atoms with Gasteiger partial charge < -0.3 is 8.98 Å². The maximum atomic E-state index is 14.0. The number of Topliss-reactive ketones (excluding diaryl/α,β-unsaturated/α-hetero) is 1. The zero-order valence-electron chi connectivity index (χ0n) is 17.6. The van der Waals surface area contributed by atoms with Gasteiger partial charge in [0.15, 0.2) is 5.78 Å². The van der Waals surface area contributed by atoms with Gasteiger partial charge in [-0.25, -0.2) is 9.37 Å². The van der Waals surface area contributed by atoms with E-state index in [2.05, 4.69) is 15.2 Å². The van der Waals surface area contributed by atoms with E-state index in [0.29, 0.717) is 34.3 Å². The van der Waals surface area contributed by atoms with Crippen LogP contribution in [0.15, 0.2) is 39.3 Å². The highest BCUT2D eigenvalue weighted by Crippen LogP contribution is 2.25. The molecule has 0 N–H and O–H groups in total. The number of halogens is 1. The Morgan fingerprint density at radius 1 is 1.19 bits per heavy atom. The fourth-order valence-corrected chi connectivity index (χ4v) is 4.66. The Hall–Kier alpha value is -2.78. The first kappa shape index (κ1) is 21.5. The molecule has 0 bridgehead atoms. The molecule has 3 aromatic heterocycles. The van der Waals surface area contributed by atoms with Crippen LogP contribution in [0.1, 0.15) is 43.9 Å². The molecule has 0 saturated carbocycles. The lowest BCUT2D eigenvalue weighted by molar-refractivity contribution is 0.102. The van der Waals surface area contributed by atoms with E-state index in [9.17, 15) is 9.18 Å². The summed E-state index contributed by atoms with van der Waals surface area (Å²) >= 11 is 2.78. The average Bonchev–Trinajstić information content (AvgIpc) is 3.42. The number of aryl methyl sites for hydroxylation is 3. The quantitative estimate of drug-likeness (QED) is 0.279. The van der Waals surface area contributed by atoms with Crippen molar-refractivity contribution in [1.82, 2.24) is 19.7 Å². The summed E-state index contributed by atoms with van der Waals surface area (Å²) in [4.78, 5) is 17.2. The number of carbonyl (C=O) groups excluding carboxylic acids is 1. The molecule has 4 aromatic rings. The van der Waals surface area contributed by atoms with Crippen molar-refractivity contribution >= 4 is 28.9 Å². The molecule has 1 aromatic carbocycles. The average molecular weight is 457 g/mol. The third-order valence-corrected chi connectivity index (χ3v) is 6.56. The molecule has 0 aliphatic heterocycles. The van der Waals surface area contributed by atoms with Crippen molar-refractivity contribution in [3.8, 4) is 5.69 Å². The second-order valence-electron chi connectivity index (χ2n) is 7.26. The number of rotatable bonds is 7. The summed E-state index contributed by atoms with van der Waals surface area (Å²) in [5, 5.41) is 11.4. The van der Waals surface area contributed by atoms with E-state index >= 15 is 0 Å². The summed E-state index contributed by atoms with van der Waals surface area (Å²) in [5.74, 6) is 0.323. The van der Waals surface area contributed by atoms with E-state index in [1.165, 1.54) is 17.8 Å². The monoisotopic (exact) mass is 456 g/mol. The summed E-state index contributed by atoms with van der Waals surface area (Å²) in [5.41, 5.74) is 4.41. The molecule has 31 heavy (non-hydrogen) atoms. The molecule has 4 rings (SSSR count). The summed E-state index contributed by atoms with van der Waals surface area (Å²) in [6, 6.07) is 6.91. The summed E-state index contributed by atoms with van der Waals surface area (Å²) in [7, 11) is 0. The lowest BCUT2D eigenvalue weighted by Crippen LogP contribution is -2.06. The van der Waals surface area contributed by atoms with Crippen molar-refractivity contribution in [2.75, 3.05) is 5.75 Å². The Labute approximate surface area is 187 Å². The first-order valence-electron chi connectivity index (χ1n) is 9.66. The number of nitrogens with zero attached hydrogens (tertiary/aromatic N) is 4. The van der Waals surface area contributed by atoms with E-state index in [-0.39, 0.29) is 17.4 Å². The van der Waals surface area contributed by atoms with Crippen LogP contribution in [0.5, 0.6) is 0 Å².